The minimum absolute atomic E-state index is 0.160. The van der Waals surface area contributed by atoms with Gasteiger partial charge in [-0.05, 0) is 78.4 Å². The fourth-order valence-electron chi connectivity index (χ4n) is 4.34. The summed E-state index contributed by atoms with van der Waals surface area (Å²) in [5.41, 5.74) is 6.39. The second-order valence-electron chi connectivity index (χ2n) is 8.70. The van der Waals surface area contributed by atoms with Crippen LogP contribution in [0, 0.1) is 19.8 Å². The smallest absolute Gasteiger partial charge is 0.225 e. The normalized spacial score (nSPS) is 14.1. The molecule has 2 aromatic carbocycles. The summed E-state index contributed by atoms with van der Waals surface area (Å²) in [6.07, 6.45) is 3.99. The first-order chi connectivity index (χ1) is 15.1. The second kappa shape index (κ2) is 8.10. The highest BCUT2D eigenvalue weighted by Gasteiger charge is 2.30. The van der Waals surface area contributed by atoms with E-state index in [2.05, 4.69) is 59.7 Å². The molecule has 1 fully saturated rings. The van der Waals surface area contributed by atoms with Crippen molar-refractivity contribution in [3.05, 3.63) is 70.8 Å². The molecule has 1 aliphatic rings. The van der Waals surface area contributed by atoms with Crippen LogP contribution in [0.2, 0.25) is 0 Å². The molecule has 0 bridgehead atoms. The molecule has 0 saturated heterocycles. The fourth-order valence-corrected chi connectivity index (χ4v) is 4.34. The van der Waals surface area contributed by atoms with Gasteiger partial charge in [-0.1, -0.05) is 36.8 Å². The number of hydrogen-bond acceptors (Lipinski definition) is 4. The Hall–Kier alpha value is -3.28. The maximum atomic E-state index is 13.3. The summed E-state index contributed by atoms with van der Waals surface area (Å²) >= 11 is 0. The average Bonchev–Trinajstić information content (AvgIpc) is 3.22. The van der Waals surface area contributed by atoms with Gasteiger partial charge in [-0.15, -0.1) is 5.10 Å². The van der Waals surface area contributed by atoms with Crippen molar-refractivity contribution in [1.82, 2.24) is 24.9 Å². The number of aryl methyl sites for hydroxylation is 2. The topological polar surface area (TPSA) is 63.4 Å². The number of nitrogens with zero attached hydrogens (tertiary/aromatic N) is 5. The van der Waals surface area contributed by atoms with Crippen LogP contribution in [0.3, 0.4) is 0 Å². The quantitative estimate of drug-likeness (QED) is 0.474. The SMILES string of the molecule is Cc1cc2cc(CN(CCc3ccccc3)C(=O)C3CCC3)c3nnnn3c2cc1C. The molecule has 0 radical (unpaired) electrons. The van der Waals surface area contributed by atoms with Gasteiger partial charge < -0.3 is 4.90 Å². The Morgan fingerprint density at radius 2 is 1.87 bits per heavy atom. The van der Waals surface area contributed by atoms with Crippen LogP contribution in [-0.4, -0.2) is 37.4 Å². The first kappa shape index (κ1) is 19.7. The van der Waals surface area contributed by atoms with Gasteiger partial charge in [-0.3, -0.25) is 4.79 Å². The highest BCUT2D eigenvalue weighted by atomic mass is 16.2. The van der Waals surface area contributed by atoms with E-state index in [-0.39, 0.29) is 11.8 Å². The van der Waals surface area contributed by atoms with E-state index in [0.717, 1.165) is 47.8 Å². The molecule has 6 heteroatoms. The van der Waals surface area contributed by atoms with Gasteiger partial charge in [0.05, 0.1) is 5.52 Å². The molecule has 1 aliphatic carbocycles. The molecular formula is C25H27N5O. The van der Waals surface area contributed by atoms with E-state index in [1.54, 1.807) is 4.52 Å². The summed E-state index contributed by atoms with van der Waals surface area (Å²) in [5.74, 6) is 0.418. The number of amides is 1. The molecular weight excluding hydrogens is 386 g/mol. The molecule has 0 spiro atoms. The molecule has 4 aromatic rings. The minimum atomic E-state index is 0.160. The number of carbonyl (C=O) groups is 1. The Bertz CT molecular complexity index is 1240. The highest BCUT2D eigenvalue weighted by Crippen LogP contribution is 2.30. The van der Waals surface area contributed by atoms with E-state index in [1.807, 2.05) is 23.1 Å². The molecule has 6 nitrogen and oxygen atoms in total. The van der Waals surface area contributed by atoms with Crippen molar-refractivity contribution >= 4 is 22.5 Å². The number of aromatic nitrogens is 4. The standard InChI is InChI=1S/C25H27N5O/c1-17-13-21-15-22(24-26-27-28-30(24)23(21)14-18(17)2)16-29(25(31)20-9-6-10-20)12-11-19-7-4-3-5-8-19/h3-5,7-8,13-15,20H,6,9-12,16H2,1-2H3. The number of carbonyl (C=O) groups excluding carboxylic acids is 1. The van der Waals surface area contributed by atoms with E-state index in [4.69, 9.17) is 0 Å². The van der Waals surface area contributed by atoms with Crippen molar-refractivity contribution in [2.24, 2.45) is 5.92 Å². The predicted molar refractivity (Wildman–Crippen MR) is 121 cm³/mol. The van der Waals surface area contributed by atoms with E-state index in [0.29, 0.717) is 13.1 Å². The van der Waals surface area contributed by atoms with Gasteiger partial charge in [-0.2, -0.15) is 4.52 Å². The Morgan fingerprint density at radius 3 is 2.61 bits per heavy atom. The molecule has 2 heterocycles. The molecule has 158 valence electrons. The van der Waals surface area contributed by atoms with Crippen molar-refractivity contribution in [2.45, 2.75) is 46.1 Å². The minimum Gasteiger partial charge on any atom is -0.338 e. The van der Waals surface area contributed by atoms with Gasteiger partial charge >= 0.3 is 0 Å². The van der Waals surface area contributed by atoms with Gasteiger partial charge in [0.15, 0.2) is 5.65 Å². The number of tetrazole rings is 1. The van der Waals surface area contributed by atoms with Crippen molar-refractivity contribution in [2.75, 3.05) is 6.54 Å². The second-order valence-corrected chi connectivity index (χ2v) is 8.70. The van der Waals surface area contributed by atoms with Crippen molar-refractivity contribution in [1.29, 1.82) is 0 Å². The summed E-state index contributed by atoms with van der Waals surface area (Å²) in [5, 5.41) is 13.6. The van der Waals surface area contributed by atoms with Crippen LogP contribution in [-0.2, 0) is 17.8 Å². The first-order valence-electron chi connectivity index (χ1n) is 11.0. The molecule has 0 atom stereocenters. The van der Waals surface area contributed by atoms with Crippen LogP contribution < -0.4 is 0 Å². The van der Waals surface area contributed by atoms with Gasteiger partial charge in [0.1, 0.15) is 0 Å². The Balaban J connectivity index is 1.50. The van der Waals surface area contributed by atoms with Crippen LogP contribution in [0.15, 0.2) is 48.5 Å². The van der Waals surface area contributed by atoms with Crippen LogP contribution in [0.4, 0.5) is 0 Å². The zero-order chi connectivity index (χ0) is 21.4. The third-order valence-electron chi connectivity index (χ3n) is 6.60. The summed E-state index contributed by atoms with van der Waals surface area (Å²) in [7, 11) is 0. The summed E-state index contributed by atoms with van der Waals surface area (Å²) < 4.78 is 1.81. The molecule has 5 rings (SSSR count). The number of rotatable bonds is 6. The van der Waals surface area contributed by atoms with Gasteiger partial charge in [-0.25, -0.2) is 0 Å². The average molecular weight is 414 g/mol. The van der Waals surface area contributed by atoms with E-state index >= 15 is 0 Å². The summed E-state index contributed by atoms with van der Waals surface area (Å²) in [6, 6.07) is 16.8. The molecule has 2 aromatic heterocycles. The van der Waals surface area contributed by atoms with E-state index < -0.39 is 0 Å². The van der Waals surface area contributed by atoms with E-state index in [1.165, 1.54) is 16.7 Å². The summed E-state index contributed by atoms with van der Waals surface area (Å²) in [4.78, 5) is 15.3. The largest absolute Gasteiger partial charge is 0.338 e. The summed E-state index contributed by atoms with van der Waals surface area (Å²) in [6.45, 7) is 5.43. The third-order valence-corrected chi connectivity index (χ3v) is 6.60. The van der Waals surface area contributed by atoms with Crippen LogP contribution in [0.25, 0.3) is 16.6 Å². The predicted octanol–water partition coefficient (Wildman–Crippen LogP) is 4.27. The molecule has 0 aliphatic heterocycles. The highest BCUT2D eigenvalue weighted by molar-refractivity contribution is 5.85. The van der Waals surface area contributed by atoms with Crippen LogP contribution >= 0.6 is 0 Å². The lowest BCUT2D eigenvalue weighted by Crippen LogP contribution is -2.39. The lowest BCUT2D eigenvalue weighted by Gasteiger charge is -2.32. The van der Waals surface area contributed by atoms with Gasteiger partial charge in [0.25, 0.3) is 0 Å². The first-order valence-corrected chi connectivity index (χ1v) is 11.0. The van der Waals surface area contributed by atoms with Crippen molar-refractivity contribution in [3.8, 4) is 0 Å². The molecule has 31 heavy (non-hydrogen) atoms. The number of pyridine rings is 1. The number of benzene rings is 2. The van der Waals surface area contributed by atoms with Crippen molar-refractivity contribution in [3.63, 3.8) is 0 Å². The Kier molecular flexibility index (Phi) is 5.14. The molecule has 0 N–H and O–H groups in total. The van der Waals surface area contributed by atoms with Gasteiger partial charge in [0.2, 0.25) is 5.91 Å². The maximum Gasteiger partial charge on any atom is 0.225 e. The molecule has 0 unspecified atom stereocenters. The third kappa shape index (κ3) is 3.78. The van der Waals surface area contributed by atoms with Gasteiger partial charge in [0, 0.05) is 30.0 Å². The monoisotopic (exact) mass is 413 g/mol. The Labute approximate surface area is 181 Å². The van der Waals surface area contributed by atoms with Crippen LogP contribution in [0.1, 0.15) is 41.5 Å². The lowest BCUT2D eigenvalue weighted by atomic mass is 9.84. The number of hydrogen-bond donors (Lipinski definition) is 0. The fraction of sp³-hybridized carbons (Fsp3) is 0.360. The lowest BCUT2D eigenvalue weighted by molar-refractivity contribution is -0.138. The van der Waals surface area contributed by atoms with E-state index in [9.17, 15) is 4.79 Å². The molecule has 1 saturated carbocycles. The zero-order valence-corrected chi connectivity index (χ0v) is 18.1. The number of fused-ring (bicyclic) bond motifs is 3. The molecule has 1 amide bonds. The Morgan fingerprint density at radius 1 is 1.10 bits per heavy atom. The van der Waals surface area contributed by atoms with Crippen molar-refractivity contribution < 1.29 is 4.79 Å². The van der Waals surface area contributed by atoms with Crippen LogP contribution in [0.5, 0.6) is 0 Å². The maximum absolute atomic E-state index is 13.3. The zero-order valence-electron chi connectivity index (χ0n) is 18.1.